The summed E-state index contributed by atoms with van der Waals surface area (Å²) in [6.07, 6.45) is -2.67. The lowest BCUT2D eigenvalue weighted by Crippen LogP contribution is -2.02. The molecule has 72 valence electrons. The van der Waals surface area contributed by atoms with Crippen LogP contribution >= 0.6 is 27.5 Å². The van der Waals surface area contributed by atoms with Gasteiger partial charge >= 0.3 is 0 Å². The fourth-order valence-corrected chi connectivity index (χ4v) is 1.54. The van der Waals surface area contributed by atoms with E-state index in [1.165, 1.54) is 6.07 Å². The summed E-state index contributed by atoms with van der Waals surface area (Å²) in [5.74, 6) is 0. The summed E-state index contributed by atoms with van der Waals surface area (Å²) >= 11 is 8.58. The van der Waals surface area contributed by atoms with E-state index in [2.05, 4.69) is 20.9 Å². The summed E-state index contributed by atoms with van der Waals surface area (Å²) in [5, 5.41) is -0.0568. The van der Waals surface area contributed by atoms with Crippen LogP contribution in [-0.4, -0.2) is 4.98 Å². The Hall–Kier alpha value is -0.260. The normalized spacial score (nSPS) is 10.9. The van der Waals surface area contributed by atoms with Crippen LogP contribution in [0.4, 0.5) is 8.78 Å². The molecule has 1 rings (SSSR count). The van der Waals surface area contributed by atoms with E-state index in [-0.39, 0.29) is 11.6 Å². The number of pyridine rings is 1. The highest BCUT2D eigenvalue weighted by Crippen LogP contribution is 2.28. The van der Waals surface area contributed by atoms with Crippen molar-refractivity contribution < 1.29 is 8.78 Å². The molecule has 0 spiro atoms. The minimum atomic E-state index is -2.67. The van der Waals surface area contributed by atoms with Crippen LogP contribution < -0.4 is 5.73 Å². The Kier molecular flexibility index (Phi) is 3.58. The van der Waals surface area contributed by atoms with E-state index in [1.807, 2.05) is 0 Å². The van der Waals surface area contributed by atoms with Gasteiger partial charge in [-0.25, -0.2) is 13.8 Å². The number of rotatable bonds is 2. The molecule has 0 aliphatic rings. The van der Waals surface area contributed by atoms with Gasteiger partial charge in [-0.15, -0.1) is 0 Å². The molecule has 1 aromatic heterocycles. The summed E-state index contributed by atoms with van der Waals surface area (Å²) < 4.78 is 24.8. The zero-order valence-electron chi connectivity index (χ0n) is 6.40. The van der Waals surface area contributed by atoms with E-state index in [0.29, 0.717) is 10.2 Å². The molecule has 0 amide bonds. The van der Waals surface area contributed by atoms with Crippen molar-refractivity contribution in [2.24, 2.45) is 5.73 Å². The van der Waals surface area contributed by atoms with Crippen molar-refractivity contribution in [3.63, 3.8) is 0 Å². The Bertz CT molecular complexity index is 320. The first-order valence-corrected chi connectivity index (χ1v) is 4.56. The van der Waals surface area contributed by atoms with Crippen LogP contribution in [0.2, 0.25) is 5.02 Å². The number of alkyl halides is 2. The highest BCUT2D eigenvalue weighted by Gasteiger charge is 2.16. The minimum Gasteiger partial charge on any atom is -0.326 e. The van der Waals surface area contributed by atoms with E-state index in [4.69, 9.17) is 17.3 Å². The molecule has 0 fully saturated rings. The maximum absolute atomic E-state index is 12.2. The molecule has 2 N–H and O–H groups in total. The zero-order valence-corrected chi connectivity index (χ0v) is 8.74. The molecule has 6 heteroatoms. The van der Waals surface area contributed by atoms with Gasteiger partial charge in [0.1, 0.15) is 10.3 Å². The first-order valence-electron chi connectivity index (χ1n) is 3.39. The fraction of sp³-hybridized carbons (Fsp3) is 0.286. The van der Waals surface area contributed by atoms with Crippen molar-refractivity contribution >= 4 is 27.5 Å². The van der Waals surface area contributed by atoms with Gasteiger partial charge < -0.3 is 5.73 Å². The molecule has 0 saturated carbocycles. The predicted octanol–water partition coefficient (Wildman–Crippen LogP) is 2.89. The number of aromatic nitrogens is 1. The second-order valence-electron chi connectivity index (χ2n) is 2.31. The van der Waals surface area contributed by atoms with Crippen molar-refractivity contribution in [1.29, 1.82) is 0 Å². The minimum absolute atomic E-state index is 0.0568. The van der Waals surface area contributed by atoms with Crippen LogP contribution in [-0.2, 0) is 6.54 Å². The smallest absolute Gasteiger partial charge is 0.281 e. The number of hydrogen-bond donors (Lipinski definition) is 1. The van der Waals surface area contributed by atoms with E-state index >= 15 is 0 Å². The van der Waals surface area contributed by atoms with Crippen molar-refractivity contribution in [2.75, 3.05) is 0 Å². The van der Waals surface area contributed by atoms with Crippen molar-refractivity contribution in [1.82, 2.24) is 4.98 Å². The summed E-state index contributed by atoms with van der Waals surface area (Å²) in [6, 6.07) is 1.39. The third-order valence-corrected chi connectivity index (χ3v) is 2.45. The summed E-state index contributed by atoms with van der Waals surface area (Å²) in [4.78, 5) is 3.60. The zero-order chi connectivity index (χ0) is 10.0. The van der Waals surface area contributed by atoms with E-state index in [0.717, 1.165) is 0 Å². The van der Waals surface area contributed by atoms with E-state index in [1.54, 1.807) is 0 Å². The van der Waals surface area contributed by atoms with Crippen LogP contribution in [0.15, 0.2) is 10.7 Å². The molecular weight excluding hydrogens is 265 g/mol. The van der Waals surface area contributed by atoms with Crippen LogP contribution in [0.1, 0.15) is 17.7 Å². The molecule has 1 heterocycles. The monoisotopic (exact) mass is 270 g/mol. The van der Waals surface area contributed by atoms with Crippen molar-refractivity contribution in [2.45, 2.75) is 13.0 Å². The van der Waals surface area contributed by atoms with Gasteiger partial charge in [0.2, 0.25) is 0 Å². The van der Waals surface area contributed by atoms with Gasteiger partial charge in [0.25, 0.3) is 6.43 Å². The standard InChI is InChI=1S/C7H6BrClF2N2/c8-6-3(2-12)1-4(9)5(13-6)7(10)11/h1,7H,2,12H2. The first-order chi connectivity index (χ1) is 6.06. The molecule has 0 radical (unpaired) electrons. The predicted molar refractivity (Wildman–Crippen MR) is 49.8 cm³/mol. The van der Waals surface area contributed by atoms with E-state index < -0.39 is 12.1 Å². The Balaban J connectivity index is 3.20. The van der Waals surface area contributed by atoms with E-state index in [9.17, 15) is 8.78 Å². The highest BCUT2D eigenvalue weighted by molar-refractivity contribution is 9.10. The lowest BCUT2D eigenvalue weighted by molar-refractivity contribution is 0.146. The molecule has 13 heavy (non-hydrogen) atoms. The molecule has 2 nitrogen and oxygen atoms in total. The lowest BCUT2D eigenvalue weighted by Gasteiger charge is -2.06. The quantitative estimate of drug-likeness (QED) is 0.840. The molecule has 0 bridgehead atoms. The largest absolute Gasteiger partial charge is 0.326 e. The summed E-state index contributed by atoms with van der Waals surface area (Å²) in [7, 11) is 0. The van der Waals surface area contributed by atoms with Gasteiger partial charge in [0.15, 0.2) is 0 Å². The molecule has 1 aromatic rings. The average molecular weight is 271 g/mol. The molecule has 0 aromatic carbocycles. The first kappa shape index (κ1) is 10.8. The second kappa shape index (κ2) is 4.30. The second-order valence-corrected chi connectivity index (χ2v) is 3.47. The van der Waals surface area contributed by atoms with Crippen LogP contribution in [0.25, 0.3) is 0 Å². The Morgan fingerprint density at radius 2 is 2.23 bits per heavy atom. The summed E-state index contributed by atoms with van der Waals surface area (Å²) in [5.41, 5.74) is 5.51. The van der Waals surface area contributed by atoms with Crippen LogP contribution in [0, 0.1) is 0 Å². The van der Waals surface area contributed by atoms with Crippen LogP contribution in [0.5, 0.6) is 0 Å². The Morgan fingerprint density at radius 3 is 2.69 bits per heavy atom. The Labute approximate surface area is 87.2 Å². The third kappa shape index (κ3) is 2.36. The fourth-order valence-electron chi connectivity index (χ4n) is 0.814. The van der Waals surface area contributed by atoms with Crippen molar-refractivity contribution in [3.05, 3.63) is 26.9 Å². The molecule has 0 atom stereocenters. The van der Waals surface area contributed by atoms with Gasteiger partial charge in [-0.05, 0) is 22.0 Å². The van der Waals surface area contributed by atoms with Crippen LogP contribution in [0.3, 0.4) is 0 Å². The lowest BCUT2D eigenvalue weighted by atomic mass is 10.2. The molecule has 0 unspecified atom stereocenters. The molecular formula is C7H6BrClF2N2. The number of halogens is 4. The molecule has 0 aliphatic heterocycles. The van der Waals surface area contributed by atoms with Gasteiger partial charge in [-0.2, -0.15) is 0 Å². The molecule has 0 saturated heterocycles. The maximum Gasteiger partial charge on any atom is 0.281 e. The third-order valence-electron chi connectivity index (χ3n) is 1.46. The van der Waals surface area contributed by atoms with Gasteiger partial charge in [0, 0.05) is 12.1 Å². The van der Waals surface area contributed by atoms with Crippen molar-refractivity contribution in [3.8, 4) is 0 Å². The number of nitrogens with two attached hydrogens (primary N) is 1. The Morgan fingerprint density at radius 1 is 1.62 bits per heavy atom. The average Bonchev–Trinajstić information content (AvgIpc) is 2.07. The molecule has 0 aliphatic carbocycles. The maximum atomic E-state index is 12.2. The SMILES string of the molecule is NCc1cc(Cl)c(C(F)F)nc1Br. The summed E-state index contributed by atoms with van der Waals surface area (Å²) in [6.45, 7) is 0.205. The number of nitrogens with zero attached hydrogens (tertiary/aromatic N) is 1. The van der Waals surface area contributed by atoms with Gasteiger partial charge in [-0.1, -0.05) is 11.6 Å². The number of hydrogen-bond acceptors (Lipinski definition) is 2. The van der Waals surface area contributed by atoms with Gasteiger partial charge in [0.05, 0.1) is 5.02 Å². The van der Waals surface area contributed by atoms with Gasteiger partial charge in [-0.3, -0.25) is 0 Å². The topological polar surface area (TPSA) is 38.9 Å². The highest BCUT2D eigenvalue weighted by atomic mass is 79.9.